The van der Waals surface area contributed by atoms with Crippen molar-refractivity contribution in [3.63, 3.8) is 0 Å². The predicted molar refractivity (Wildman–Crippen MR) is 83.6 cm³/mol. The van der Waals surface area contributed by atoms with Crippen LogP contribution in [0.5, 0.6) is 0 Å². The lowest BCUT2D eigenvalue weighted by atomic mass is 16.0. The van der Waals surface area contributed by atoms with Crippen LogP contribution in [0.1, 0.15) is 11.4 Å². The van der Waals surface area contributed by atoms with Gasteiger partial charge in [0.2, 0.25) is 0 Å². The summed E-state index contributed by atoms with van der Waals surface area (Å²) in [5.41, 5.74) is 0. The lowest BCUT2D eigenvalue weighted by Crippen LogP contribution is -0.382. The fourth-order valence-electron chi connectivity index (χ4n) is 0. The Balaban J connectivity index is 0. The zero-order valence-electron chi connectivity index (χ0n) is 8.50. The molecule has 0 aliphatic rings. The molecule has 13 heavy (non-hydrogen) atoms. The zero-order chi connectivity index (χ0) is 0. The highest BCUT2D eigenvalue weighted by Gasteiger charge is 0.149. The van der Waals surface area contributed by atoms with Crippen LogP contribution >= 0.6 is 0 Å². The average molecular weight is 294 g/mol. The SMILES string of the molecule is O.O.O.O.O.O.O.O.O.[AlH2].[AlH2].[AlH2].[AlH2].[HH].[HH].[HH].[HH].[HH].[HH].[HH].[HH]. The quantitative estimate of drug-likeness (QED) is 0.376. The smallest absolute Gasteiger partial charge is 0.146 e. The molecule has 0 saturated heterocycles. The topological polar surface area (TPSA) is 284 Å². The molecule has 108 valence electrons. The number of hydrogen-bond donors (Lipinski definition) is 0. The zero-order valence-corrected chi connectivity index (χ0v) is 16.5. The van der Waals surface area contributed by atoms with Crippen molar-refractivity contribution in [1.29, 1.82) is 0 Å². The summed E-state index contributed by atoms with van der Waals surface area (Å²) < 4.78 is 0. The van der Waals surface area contributed by atoms with Crippen LogP contribution in [-0.4, -0.2) is 119 Å². The van der Waals surface area contributed by atoms with Crippen molar-refractivity contribution in [1.82, 2.24) is 0 Å². The van der Waals surface area contributed by atoms with E-state index in [4.69, 9.17) is 0 Å². The Hall–Kier alpha value is 1.77. The van der Waals surface area contributed by atoms with Crippen LogP contribution in [0.2, 0.25) is 0 Å². The van der Waals surface area contributed by atoms with Crippen molar-refractivity contribution in [2.75, 3.05) is 0 Å². The van der Waals surface area contributed by atoms with Gasteiger partial charge < -0.3 is 49.3 Å². The van der Waals surface area contributed by atoms with E-state index in [0.29, 0.717) is 0 Å². The number of hydrogen-bond acceptors (Lipinski definition) is 0. The molecule has 0 aromatic rings. The maximum Gasteiger partial charge on any atom is 0.146 e. The molecule has 0 saturated carbocycles. The largest absolute Gasteiger partial charge is 0.412 e. The molecule has 0 atom stereocenters. The summed E-state index contributed by atoms with van der Waals surface area (Å²) in [6.45, 7) is 0. The lowest BCUT2D eigenvalue weighted by Gasteiger charge is -0.413. The standard InChI is InChI=1S/4Al.9H2O.8H2.8H/h;;;;9*1H2;8*1H;;;;;;;;. The molecule has 0 rings (SSSR count). The van der Waals surface area contributed by atoms with Gasteiger partial charge in [-0.1, -0.05) is 0 Å². The van der Waals surface area contributed by atoms with Crippen LogP contribution in [0.15, 0.2) is 0 Å². The first-order chi connectivity index (χ1) is 0. The minimum Gasteiger partial charge on any atom is -0.412 e. The first kappa shape index (κ1) is 894. The Morgan fingerprint density at radius 1 is 0.231 bits per heavy atom. The average Bonchev–Trinajstić information content (AvgIpc) is 0. The van der Waals surface area contributed by atoms with Gasteiger partial charge in [0.25, 0.3) is 0 Å². The highest BCUT2D eigenvalue weighted by Crippen LogP contribution is -0.281. The van der Waals surface area contributed by atoms with Gasteiger partial charge in [-0.05, 0) is 0 Å². The highest BCUT2D eigenvalue weighted by atomic mass is 27.0. The van der Waals surface area contributed by atoms with E-state index in [9.17, 15) is 0 Å². The van der Waals surface area contributed by atoms with Crippen molar-refractivity contribution in [2.45, 2.75) is 0 Å². The van der Waals surface area contributed by atoms with E-state index in [-0.39, 0.29) is 130 Å². The highest BCUT2D eigenvalue weighted by molar-refractivity contribution is 5.76. The molecule has 0 unspecified atom stereocenters. The van der Waals surface area contributed by atoms with Gasteiger partial charge in [-0.25, -0.2) is 0 Å². The molecule has 0 amide bonds. The Kier molecular flexibility index (Phi) is 49300. The second-order valence-electron chi connectivity index (χ2n) is 0. The van der Waals surface area contributed by atoms with Gasteiger partial charge >= 0.3 is 0 Å². The van der Waals surface area contributed by atoms with Crippen molar-refractivity contribution >= 4 is 69.4 Å². The third-order valence-electron chi connectivity index (χ3n) is 0. The van der Waals surface area contributed by atoms with E-state index < -0.39 is 0 Å². The van der Waals surface area contributed by atoms with E-state index >= 15 is 0 Å². The molecule has 0 heterocycles. The fraction of sp³-hybridized carbons (Fsp3) is 0. The van der Waals surface area contributed by atoms with Crippen LogP contribution in [0, 0.1) is 0 Å². The van der Waals surface area contributed by atoms with Gasteiger partial charge in [-0.15, -0.1) is 0 Å². The van der Waals surface area contributed by atoms with Gasteiger partial charge in [0.1, 0.15) is 69.4 Å². The summed E-state index contributed by atoms with van der Waals surface area (Å²) in [5.74, 6) is 0. The second-order valence-corrected chi connectivity index (χ2v) is 0. The van der Waals surface area contributed by atoms with Crippen LogP contribution < -0.4 is 0 Å². The Bertz CT molecular complexity index is 31.7. The van der Waals surface area contributed by atoms with E-state index in [1.165, 1.54) is 0 Å². The lowest BCUT2D eigenvalue weighted by molar-refractivity contribution is 0.823. The molecule has 0 bridgehead atoms. The van der Waals surface area contributed by atoms with Crippen LogP contribution in [-0.2, 0) is 0 Å². The maximum absolute atomic E-state index is 0. The van der Waals surface area contributed by atoms with Gasteiger partial charge in [0.05, 0.1) is 0 Å². The minimum atomic E-state index is 0. The molecule has 18 N–H and O–H groups in total. The minimum absolute atomic E-state index is 0. The maximum atomic E-state index is 0. The molecular formula is H42Al4O9. The van der Waals surface area contributed by atoms with Crippen LogP contribution in [0.4, 0.5) is 0 Å². The Morgan fingerprint density at radius 2 is 0.231 bits per heavy atom. The predicted octanol–water partition coefficient (Wildman–Crippen LogP) is -9.12. The van der Waals surface area contributed by atoms with Crippen molar-refractivity contribution in [3.05, 3.63) is 0 Å². The third-order valence-corrected chi connectivity index (χ3v) is 0. The van der Waals surface area contributed by atoms with Crippen LogP contribution in [0.25, 0.3) is 0 Å². The third kappa shape index (κ3) is 609. The molecule has 0 aromatic heterocycles. The summed E-state index contributed by atoms with van der Waals surface area (Å²) in [7, 11) is 0. The summed E-state index contributed by atoms with van der Waals surface area (Å²) in [4.78, 5) is 0. The molecule has 0 aliphatic carbocycles. The first-order valence-electron chi connectivity index (χ1n) is 0. The summed E-state index contributed by atoms with van der Waals surface area (Å²) in [5, 5.41) is 0. The first-order valence-corrected chi connectivity index (χ1v) is 0. The van der Waals surface area contributed by atoms with Gasteiger partial charge in [-0.2, -0.15) is 0 Å². The van der Waals surface area contributed by atoms with E-state index in [0.717, 1.165) is 0 Å². The molecule has 0 spiro atoms. The molecule has 0 aromatic carbocycles. The number of rotatable bonds is 0. The molecular weight excluding hydrogens is 252 g/mol. The summed E-state index contributed by atoms with van der Waals surface area (Å²) in [6, 6.07) is 0. The van der Waals surface area contributed by atoms with Gasteiger partial charge in [0, 0.05) is 11.4 Å². The van der Waals surface area contributed by atoms with Crippen molar-refractivity contribution < 1.29 is 60.7 Å². The Morgan fingerprint density at radius 3 is 0.231 bits per heavy atom. The Labute approximate surface area is 130 Å². The van der Waals surface area contributed by atoms with Crippen molar-refractivity contribution in [3.8, 4) is 0 Å². The second kappa shape index (κ2) is 717. The molecule has 9 nitrogen and oxygen atoms in total. The van der Waals surface area contributed by atoms with E-state index in [1.54, 1.807) is 0 Å². The van der Waals surface area contributed by atoms with Gasteiger partial charge in [-0.3, -0.25) is 0 Å². The monoisotopic (exact) mass is 294 g/mol. The summed E-state index contributed by atoms with van der Waals surface area (Å²) >= 11 is 0. The van der Waals surface area contributed by atoms with Crippen LogP contribution in [0.3, 0.4) is 0 Å². The molecule has 4 radical (unpaired) electrons. The summed E-state index contributed by atoms with van der Waals surface area (Å²) in [6.07, 6.45) is 0. The molecule has 0 fully saturated rings. The van der Waals surface area contributed by atoms with Gasteiger partial charge in [0.15, 0.2) is 0 Å². The molecule has 13 heteroatoms. The fourth-order valence-corrected chi connectivity index (χ4v) is 0. The van der Waals surface area contributed by atoms with E-state index in [1.807, 2.05) is 0 Å². The van der Waals surface area contributed by atoms with Crippen molar-refractivity contribution in [2.24, 2.45) is 0 Å². The molecule has 0 aliphatic heterocycles. The normalized spacial score (nSPS) is 0. The van der Waals surface area contributed by atoms with E-state index in [2.05, 4.69) is 0 Å².